The first-order valence-corrected chi connectivity index (χ1v) is 38.9. The quantitative estimate of drug-likeness (QED) is 0.0903. The van der Waals surface area contributed by atoms with Crippen molar-refractivity contribution in [2.45, 2.75) is 0 Å². The highest BCUT2D eigenvalue weighted by atomic mass is 14.8. The second-order valence-corrected chi connectivity index (χ2v) is 29.2. The topological polar surface area (TPSA) is 60.3 Å². The van der Waals surface area contributed by atoms with Gasteiger partial charge in [-0.1, -0.05) is 376 Å². The van der Waals surface area contributed by atoms with Crippen LogP contribution in [0.25, 0.3) is 220 Å². The van der Waals surface area contributed by atoms with E-state index >= 15 is 0 Å². The normalized spacial score (nSPS) is 11.3. The van der Waals surface area contributed by atoms with Gasteiger partial charge >= 0.3 is 0 Å². The Kier molecular flexibility index (Phi) is 18.0. The van der Waals surface area contributed by atoms with Gasteiger partial charge < -0.3 is 0 Å². The van der Waals surface area contributed by atoms with Gasteiger partial charge in [0.15, 0.2) is 11.4 Å². The maximum absolute atomic E-state index is 7.27. The van der Waals surface area contributed by atoms with Crippen molar-refractivity contribution in [2.24, 2.45) is 0 Å². The fourth-order valence-electron chi connectivity index (χ4n) is 16.6. The van der Waals surface area contributed by atoms with Gasteiger partial charge in [-0.15, -0.1) is 0 Å². The molecule has 0 bridgehead atoms. The third-order valence-electron chi connectivity index (χ3n) is 22.5. The maximum atomic E-state index is 7.27. The molecule has 19 aromatic carbocycles. The molecule has 0 atom stereocenters. The molecule has 0 aliphatic heterocycles. The molecule has 0 fully saturated rings. The van der Waals surface area contributed by atoms with Crippen LogP contribution < -0.4 is 0 Å². The molecule has 0 amide bonds. The molecule has 6 heteroatoms. The van der Waals surface area contributed by atoms with E-state index in [2.05, 4.69) is 325 Å². The van der Waals surface area contributed by atoms with Crippen molar-refractivity contribution in [3.63, 3.8) is 0 Å². The van der Waals surface area contributed by atoms with E-state index in [1.165, 1.54) is 92.8 Å². The first-order valence-electron chi connectivity index (χ1n) is 38.9. The molecule has 538 valence electrons. The molecule has 0 N–H and O–H groups in total. The van der Waals surface area contributed by atoms with Gasteiger partial charge in [-0.3, -0.25) is 0 Å². The molecular formula is C110H68N6. The molecule has 0 aliphatic carbocycles. The summed E-state index contributed by atoms with van der Waals surface area (Å²) in [7, 11) is 0. The van der Waals surface area contributed by atoms with Crippen molar-refractivity contribution >= 4 is 87.3 Å². The van der Waals surface area contributed by atoms with Gasteiger partial charge in [-0.2, -0.15) is 0 Å². The Bertz CT molecular complexity index is 7460. The molecule has 0 spiro atoms. The Balaban J connectivity index is 0.000000150. The smallest absolute Gasteiger partial charge is 0.187 e. The molecule has 116 heavy (non-hydrogen) atoms. The lowest BCUT2D eigenvalue weighted by molar-refractivity contribution is 1.29. The molecule has 21 rings (SSSR count). The van der Waals surface area contributed by atoms with E-state index in [1.807, 2.05) is 97.1 Å². The molecule has 2 heterocycles. The molecule has 21 aromatic rings. The summed E-state index contributed by atoms with van der Waals surface area (Å²) in [6.45, 7) is 14.5. The van der Waals surface area contributed by atoms with Crippen LogP contribution in [-0.4, -0.2) is 19.9 Å². The Morgan fingerprint density at radius 1 is 0.155 bits per heavy atom. The van der Waals surface area contributed by atoms with Crippen LogP contribution in [0.4, 0.5) is 11.4 Å². The fraction of sp³-hybridized carbons (Fsp3) is 0. The molecule has 2 aromatic heterocycles. The summed E-state index contributed by atoms with van der Waals surface area (Å²) in [4.78, 5) is 28.0. The Morgan fingerprint density at radius 2 is 0.414 bits per heavy atom. The standard InChI is InChI=1S/C57H35N3.C53H33N3/c1-58-45-31-29-38(30-32-45)37-21-23-39(24-22-37)47-33-34-48(51-17-5-4-16-50(47)51)40-25-27-41(28-26-40)56-57(60-55-20-9-8-19-54(55)59-56)44-13-10-12-42(35-44)53-36-43-11-2-3-14-46(43)49-15-6-7-18-52(49)53;1-54-43-31-29-36(30-32-43)35-17-19-39(20-18-35)46-33-34-47(49-13-5-4-12-48(46)49)40-23-27-42(28-24-40)53-52(55-50-15-6-7-16-51(50)56-53)41-25-21-38(22-26-41)45-14-8-10-37-9-2-3-11-44(37)45/h2-36H;2-34H. The average Bonchev–Trinajstić information content (AvgIpc) is 0.795. The van der Waals surface area contributed by atoms with Gasteiger partial charge in [0.1, 0.15) is 0 Å². The van der Waals surface area contributed by atoms with Gasteiger partial charge in [0, 0.05) is 22.3 Å². The van der Waals surface area contributed by atoms with Crippen LogP contribution in [0.2, 0.25) is 0 Å². The third-order valence-corrected chi connectivity index (χ3v) is 22.5. The van der Waals surface area contributed by atoms with Gasteiger partial charge in [-0.25, -0.2) is 29.6 Å². The first-order chi connectivity index (χ1) is 57.4. The number of rotatable bonds is 12. The zero-order valence-electron chi connectivity index (χ0n) is 62.9. The van der Waals surface area contributed by atoms with Gasteiger partial charge in [0.25, 0.3) is 0 Å². The Hall–Kier alpha value is -15.9. The third kappa shape index (κ3) is 13.2. The number of hydrogen-bond acceptors (Lipinski definition) is 4. The predicted molar refractivity (Wildman–Crippen MR) is 484 cm³/mol. The van der Waals surface area contributed by atoms with Crippen LogP contribution in [0, 0.1) is 13.1 Å². The number of aromatic nitrogens is 4. The van der Waals surface area contributed by atoms with Crippen LogP contribution in [0.15, 0.2) is 413 Å². The van der Waals surface area contributed by atoms with E-state index in [4.69, 9.17) is 33.1 Å². The second-order valence-electron chi connectivity index (χ2n) is 29.2. The van der Waals surface area contributed by atoms with Crippen LogP contribution >= 0.6 is 0 Å². The zero-order valence-corrected chi connectivity index (χ0v) is 62.9. The van der Waals surface area contributed by atoms with Gasteiger partial charge in [-0.05, 0) is 179 Å². The molecule has 0 radical (unpaired) electrons. The Labute approximate surface area is 672 Å². The molecular weight excluding hydrogens is 1410 g/mol. The van der Waals surface area contributed by atoms with E-state index in [0.717, 1.165) is 117 Å². The van der Waals surface area contributed by atoms with Crippen molar-refractivity contribution in [2.75, 3.05) is 0 Å². The zero-order chi connectivity index (χ0) is 77.4. The highest BCUT2D eigenvalue weighted by Crippen LogP contribution is 2.44. The van der Waals surface area contributed by atoms with E-state index in [0.29, 0.717) is 11.4 Å². The van der Waals surface area contributed by atoms with Crippen molar-refractivity contribution < 1.29 is 0 Å². The van der Waals surface area contributed by atoms with E-state index in [9.17, 15) is 0 Å². The summed E-state index contributed by atoms with van der Waals surface area (Å²) in [5, 5.41) is 12.3. The molecule has 6 nitrogen and oxygen atoms in total. The highest BCUT2D eigenvalue weighted by molar-refractivity contribution is 6.14. The van der Waals surface area contributed by atoms with E-state index in [-0.39, 0.29) is 0 Å². The van der Waals surface area contributed by atoms with E-state index < -0.39 is 0 Å². The fourth-order valence-corrected chi connectivity index (χ4v) is 16.6. The molecule has 0 saturated carbocycles. The largest absolute Gasteiger partial charge is 0.244 e. The minimum absolute atomic E-state index is 0.650. The van der Waals surface area contributed by atoms with Gasteiger partial charge in [0.05, 0.1) is 58.0 Å². The Morgan fingerprint density at radius 3 is 0.793 bits per heavy atom. The number of fused-ring (bicyclic) bond motifs is 8. The van der Waals surface area contributed by atoms with E-state index in [1.54, 1.807) is 0 Å². The monoisotopic (exact) mass is 1470 g/mol. The SMILES string of the molecule is [C-]#[N+]c1ccc(-c2ccc(-c3ccc(-c4ccc(-c5nc6ccccc6nc5-c5ccc(-c6cccc7ccccc67)cc5)cc4)c4ccccc34)cc2)cc1.[C-]#[N+]c1ccc(-c2ccc(-c3ccc(-c4ccc(-c5nc6ccccc6nc5-c5cccc(-c6cc7ccccc7c7ccccc67)c5)cc4)c4ccccc34)cc2)cc1. The maximum Gasteiger partial charge on any atom is 0.187 e. The lowest BCUT2D eigenvalue weighted by atomic mass is 9.90. The second kappa shape index (κ2) is 30.1. The van der Waals surface area contributed by atoms with Crippen molar-refractivity contribution in [3.8, 4) is 134 Å². The number of hydrogen-bond donors (Lipinski definition) is 0. The van der Waals surface area contributed by atoms with Gasteiger partial charge in [0.2, 0.25) is 0 Å². The predicted octanol–water partition coefficient (Wildman–Crippen LogP) is 30.1. The molecule has 0 aliphatic rings. The lowest BCUT2D eigenvalue weighted by Gasteiger charge is -2.15. The lowest BCUT2D eigenvalue weighted by Crippen LogP contribution is -1.96. The van der Waals surface area contributed by atoms with Crippen molar-refractivity contribution in [1.29, 1.82) is 0 Å². The summed E-state index contributed by atoms with van der Waals surface area (Å²) in [5.41, 5.74) is 30.8. The van der Waals surface area contributed by atoms with Crippen LogP contribution in [-0.2, 0) is 0 Å². The summed E-state index contributed by atoms with van der Waals surface area (Å²) in [5.74, 6) is 0. The summed E-state index contributed by atoms with van der Waals surface area (Å²) < 4.78 is 0. The number of nitrogens with zero attached hydrogens (tertiary/aromatic N) is 6. The number of para-hydroxylation sites is 4. The average molecular weight is 1470 g/mol. The highest BCUT2D eigenvalue weighted by Gasteiger charge is 2.21. The number of benzene rings is 19. The molecule has 0 unspecified atom stereocenters. The molecule has 0 saturated heterocycles. The summed E-state index contributed by atoms with van der Waals surface area (Å²) in [6, 6.07) is 145. The van der Waals surface area contributed by atoms with Crippen LogP contribution in [0.5, 0.6) is 0 Å². The van der Waals surface area contributed by atoms with Crippen molar-refractivity contribution in [1.82, 2.24) is 19.9 Å². The summed E-state index contributed by atoms with van der Waals surface area (Å²) >= 11 is 0. The minimum atomic E-state index is 0.650. The van der Waals surface area contributed by atoms with Crippen LogP contribution in [0.3, 0.4) is 0 Å². The summed E-state index contributed by atoms with van der Waals surface area (Å²) in [6.07, 6.45) is 0. The minimum Gasteiger partial charge on any atom is -0.244 e. The van der Waals surface area contributed by atoms with Crippen LogP contribution in [0.1, 0.15) is 0 Å². The first kappa shape index (κ1) is 69.3. The van der Waals surface area contributed by atoms with Crippen molar-refractivity contribution in [3.05, 3.63) is 435 Å².